The van der Waals surface area contributed by atoms with E-state index in [1.165, 1.54) is 7.11 Å². The van der Waals surface area contributed by atoms with Crippen molar-refractivity contribution in [3.8, 4) is 0 Å². The molecule has 0 aromatic heterocycles. The predicted octanol–water partition coefficient (Wildman–Crippen LogP) is 4.17. The molecule has 3 rings (SSSR count). The molecule has 0 spiro atoms. The number of hydrogen-bond acceptors (Lipinski definition) is 6. The van der Waals surface area contributed by atoms with Gasteiger partial charge in [0.2, 0.25) is 0 Å². The van der Waals surface area contributed by atoms with Crippen molar-refractivity contribution in [2.24, 2.45) is 5.92 Å². The maximum Gasteiger partial charge on any atom is 0.339 e. The highest BCUT2D eigenvalue weighted by Crippen LogP contribution is 2.30. The van der Waals surface area contributed by atoms with Crippen LogP contribution in [0.15, 0.2) is 51.8 Å². The maximum absolute atomic E-state index is 12.4. The molecule has 8 heteroatoms. The van der Waals surface area contributed by atoms with Gasteiger partial charge < -0.3 is 9.64 Å². The number of benzene rings is 2. The number of methoxy groups -OCH3 is 1. The van der Waals surface area contributed by atoms with Crippen LogP contribution in [0.4, 0.5) is 5.69 Å². The third-order valence-electron chi connectivity index (χ3n) is 5.09. The summed E-state index contributed by atoms with van der Waals surface area (Å²) in [7, 11) is -2.38. The van der Waals surface area contributed by atoms with E-state index in [1.54, 1.807) is 30.3 Å². The average molecular weight is 482 g/mol. The average Bonchev–Trinajstić information content (AvgIpc) is 2.72. The van der Waals surface area contributed by atoms with Gasteiger partial charge in [0.15, 0.2) is 0 Å². The molecule has 1 heterocycles. The summed E-state index contributed by atoms with van der Waals surface area (Å²) < 4.78 is 35.8. The fourth-order valence-corrected chi connectivity index (χ4v) is 4.67. The molecule has 2 aromatic carbocycles. The summed E-state index contributed by atoms with van der Waals surface area (Å²) in [6.07, 6.45) is 1.55. The Labute approximate surface area is 180 Å². The van der Waals surface area contributed by atoms with Crippen molar-refractivity contribution in [2.75, 3.05) is 31.7 Å². The van der Waals surface area contributed by atoms with E-state index in [2.05, 4.69) is 20.8 Å². The lowest BCUT2D eigenvalue weighted by atomic mass is 9.97. The van der Waals surface area contributed by atoms with E-state index in [0.29, 0.717) is 18.7 Å². The smallest absolute Gasteiger partial charge is 0.339 e. The summed E-state index contributed by atoms with van der Waals surface area (Å²) in [5, 5.41) is 0. The van der Waals surface area contributed by atoms with Crippen LogP contribution in [0, 0.1) is 12.8 Å². The van der Waals surface area contributed by atoms with Gasteiger partial charge in [-0.05, 0) is 56.0 Å². The second-order valence-corrected chi connectivity index (χ2v) is 9.67. The second-order valence-electron chi connectivity index (χ2n) is 7.14. The lowest BCUT2D eigenvalue weighted by Crippen LogP contribution is -2.36. The normalized spacial score (nSPS) is 15.3. The Bertz CT molecular complexity index is 967. The lowest BCUT2D eigenvalue weighted by Gasteiger charge is -2.34. The molecular weight excluding hydrogens is 458 g/mol. The van der Waals surface area contributed by atoms with Gasteiger partial charge in [0.05, 0.1) is 29.9 Å². The fraction of sp³-hybridized carbons (Fsp3) is 0.381. The van der Waals surface area contributed by atoms with E-state index in [1.807, 2.05) is 19.1 Å². The zero-order chi connectivity index (χ0) is 21.0. The molecule has 2 aromatic rings. The molecule has 1 aliphatic heterocycles. The first-order valence-corrected chi connectivity index (χ1v) is 11.6. The number of esters is 1. The zero-order valence-corrected chi connectivity index (χ0v) is 18.8. The predicted molar refractivity (Wildman–Crippen MR) is 115 cm³/mol. The number of hydrogen-bond donors (Lipinski definition) is 0. The maximum atomic E-state index is 12.4. The number of nitrogens with zero attached hydrogens (tertiary/aromatic N) is 1. The third kappa shape index (κ3) is 5.38. The van der Waals surface area contributed by atoms with Crippen LogP contribution in [0.2, 0.25) is 0 Å². The SMILES string of the molecule is COC(=O)c1ccc(Br)cc1N1CCC(COS(=O)(=O)c2ccc(C)cc2)CC1. The highest BCUT2D eigenvalue weighted by molar-refractivity contribution is 9.10. The quantitative estimate of drug-likeness (QED) is 0.455. The highest BCUT2D eigenvalue weighted by Gasteiger charge is 2.25. The molecule has 0 amide bonds. The summed E-state index contributed by atoms with van der Waals surface area (Å²) in [5.41, 5.74) is 2.33. The topological polar surface area (TPSA) is 72.9 Å². The minimum absolute atomic E-state index is 0.139. The standard InChI is InChI=1S/C21H24BrNO5S/c1-15-3-6-18(7-4-15)29(25,26)28-14-16-9-11-23(12-10-16)20-13-17(22)5-8-19(20)21(24)27-2/h3-8,13,16H,9-12,14H2,1-2H3. The van der Waals surface area contributed by atoms with E-state index >= 15 is 0 Å². The van der Waals surface area contributed by atoms with E-state index in [0.717, 1.165) is 28.6 Å². The zero-order valence-electron chi connectivity index (χ0n) is 16.4. The summed E-state index contributed by atoms with van der Waals surface area (Å²) in [6, 6.07) is 12.1. The number of halogens is 1. The molecule has 0 unspecified atom stereocenters. The monoisotopic (exact) mass is 481 g/mol. The van der Waals surface area contributed by atoms with Crippen LogP contribution < -0.4 is 4.90 Å². The number of ether oxygens (including phenoxy) is 1. The Morgan fingerprint density at radius 1 is 1.14 bits per heavy atom. The van der Waals surface area contributed by atoms with Gasteiger partial charge in [0.1, 0.15) is 0 Å². The van der Waals surface area contributed by atoms with Crippen LogP contribution in [-0.4, -0.2) is 41.2 Å². The van der Waals surface area contributed by atoms with Crippen LogP contribution in [0.25, 0.3) is 0 Å². The number of carbonyl (C=O) groups excluding carboxylic acids is 1. The molecule has 0 bridgehead atoms. The van der Waals surface area contributed by atoms with Gasteiger partial charge in [-0.15, -0.1) is 0 Å². The van der Waals surface area contributed by atoms with Crippen molar-refractivity contribution in [2.45, 2.75) is 24.7 Å². The number of carbonyl (C=O) groups is 1. The number of piperidine rings is 1. The fourth-order valence-electron chi connectivity index (χ4n) is 3.35. The summed E-state index contributed by atoms with van der Waals surface area (Å²) in [5.74, 6) is -0.234. The Kier molecular flexibility index (Phi) is 6.97. The minimum Gasteiger partial charge on any atom is -0.465 e. The van der Waals surface area contributed by atoms with E-state index in [-0.39, 0.29) is 23.4 Å². The van der Waals surface area contributed by atoms with Crippen molar-refractivity contribution in [3.63, 3.8) is 0 Å². The Balaban J connectivity index is 1.61. The lowest BCUT2D eigenvalue weighted by molar-refractivity contribution is 0.0601. The van der Waals surface area contributed by atoms with Gasteiger partial charge in [-0.1, -0.05) is 33.6 Å². The molecule has 0 atom stereocenters. The third-order valence-corrected chi connectivity index (χ3v) is 6.88. The van der Waals surface area contributed by atoms with Crippen LogP contribution in [0.3, 0.4) is 0 Å². The van der Waals surface area contributed by atoms with Crippen molar-refractivity contribution in [3.05, 3.63) is 58.1 Å². The molecule has 1 fully saturated rings. The summed E-state index contributed by atoms with van der Waals surface area (Å²) in [6.45, 7) is 3.48. The first kappa shape index (κ1) is 21.8. The van der Waals surface area contributed by atoms with Crippen molar-refractivity contribution < 1.29 is 22.1 Å². The molecule has 0 radical (unpaired) electrons. The van der Waals surface area contributed by atoms with Gasteiger partial charge >= 0.3 is 5.97 Å². The molecule has 0 saturated carbocycles. The molecule has 1 saturated heterocycles. The van der Waals surface area contributed by atoms with Gasteiger partial charge in [0.25, 0.3) is 10.1 Å². The van der Waals surface area contributed by atoms with E-state index in [4.69, 9.17) is 8.92 Å². The minimum atomic E-state index is -3.75. The van der Waals surface area contributed by atoms with Crippen LogP contribution >= 0.6 is 15.9 Å². The second kappa shape index (κ2) is 9.28. The van der Waals surface area contributed by atoms with Gasteiger partial charge in [0, 0.05) is 17.6 Å². The molecule has 0 N–H and O–H groups in total. The van der Waals surface area contributed by atoms with E-state index < -0.39 is 10.1 Å². The number of rotatable bonds is 6. The highest BCUT2D eigenvalue weighted by atomic mass is 79.9. The molecule has 6 nitrogen and oxygen atoms in total. The summed E-state index contributed by atoms with van der Waals surface area (Å²) >= 11 is 3.45. The van der Waals surface area contributed by atoms with Crippen molar-refractivity contribution in [1.29, 1.82) is 0 Å². The van der Waals surface area contributed by atoms with Crippen molar-refractivity contribution >= 4 is 37.7 Å². The molecule has 1 aliphatic rings. The number of aryl methyl sites for hydroxylation is 1. The Hall–Kier alpha value is -1.90. The molecule has 156 valence electrons. The summed E-state index contributed by atoms with van der Waals surface area (Å²) in [4.78, 5) is 14.4. The first-order chi connectivity index (χ1) is 13.8. The molecular formula is C21H24BrNO5S. The van der Waals surface area contributed by atoms with Crippen LogP contribution in [0.5, 0.6) is 0 Å². The van der Waals surface area contributed by atoms with Gasteiger partial charge in [-0.25, -0.2) is 4.79 Å². The number of anilines is 1. The first-order valence-electron chi connectivity index (χ1n) is 9.39. The van der Waals surface area contributed by atoms with Crippen LogP contribution in [0.1, 0.15) is 28.8 Å². The largest absolute Gasteiger partial charge is 0.465 e. The van der Waals surface area contributed by atoms with E-state index in [9.17, 15) is 13.2 Å². The van der Waals surface area contributed by atoms with Crippen molar-refractivity contribution in [1.82, 2.24) is 0 Å². The molecule has 29 heavy (non-hydrogen) atoms. The van der Waals surface area contributed by atoms with Gasteiger partial charge in [-0.2, -0.15) is 8.42 Å². The Morgan fingerprint density at radius 3 is 2.41 bits per heavy atom. The van der Waals surface area contributed by atoms with Crippen LogP contribution in [-0.2, 0) is 19.0 Å². The molecule has 0 aliphatic carbocycles. The van der Waals surface area contributed by atoms with Gasteiger partial charge in [-0.3, -0.25) is 4.18 Å². The Morgan fingerprint density at radius 2 is 1.79 bits per heavy atom.